The Morgan fingerprint density at radius 2 is 1.94 bits per heavy atom. The molecule has 0 aliphatic rings. The monoisotopic (exact) mass is 230 g/mol. The largest absolute Gasteiger partial charge is 0.348 e. The van der Waals surface area contributed by atoms with Gasteiger partial charge in [-0.05, 0) is 18.4 Å². The molecule has 1 unspecified atom stereocenters. The molecule has 0 spiro atoms. The standard InChI is InChI=1S/C14H18N2O/c1-3-11(10-15)14(17)16-13(4-2)12-8-6-5-7-9-12/h5-9,11,13H,3-4H2,1-2H3,(H,16,17)/t11?,13-/m0/s1. The van der Waals surface area contributed by atoms with E-state index in [0.29, 0.717) is 6.42 Å². The van der Waals surface area contributed by atoms with Crippen LogP contribution in [0.15, 0.2) is 30.3 Å². The number of nitrogens with one attached hydrogen (secondary N) is 1. The molecule has 2 atom stereocenters. The predicted molar refractivity (Wildman–Crippen MR) is 67.0 cm³/mol. The number of hydrogen-bond donors (Lipinski definition) is 1. The van der Waals surface area contributed by atoms with Gasteiger partial charge in [-0.15, -0.1) is 0 Å². The van der Waals surface area contributed by atoms with Gasteiger partial charge in [0.1, 0.15) is 5.92 Å². The van der Waals surface area contributed by atoms with Gasteiger partial charge in [-0.1, -0.05) is 44.2 Å². The Bertz CT molecular complexity index is 394. The van der Waals surface area contributed by atoms with Crippen molar-refractivity contribution in [3.8, 4) is 6.07 Å². The van der Waals surface area contributed by atoms with Crippen molar-refractivity contribution in [3.05, 3.63) is 35.9 Å². The lowest BCUT2D eigenvalue weighted by molar-refractivity contribution is -0.124. The molecule has 0 radical (unpaired) electrons. The number of carbonyl (C=O) groups is 1. The lowest BCUT2D eigenvalue weighted by Crippen LogP contribution is -2.33. The molecule has 0 aliphatic heterocycles. The van der Waals surface area contributed by atoms with Gasteiger partial charge in [0, 0.05) is 0 Å². The van der Waals surface area contributed by atoms with E-state index in [9.17, 15) is 4.79 Å². The quantitative estimate of drug-likeness (QED) is 0.845. The van der Waals surface area contributed by atoms with Crippen LogP contribution in [0.25, 0.3) is 0 Å². The van der Waals surface area contributed by atoms with Crippen LogP contribution in [-0.4, -0.2) is 5.91 Å². The van der Waals surface area contributed by atoms with Crippen molar-refractivity contribution >= 4 is 5.91 Å². The van der Waals surface area contributed by atoms with E-state index in [1.165, 1.54) is 0 Å². The molecule has 1 aromatic carbocycles. The summed E-state index contributed by atoms with van der Waals surface area (Å²) in [7, 11) is 0. The fourth-order valence-electron chi connectivity index (χ4n) is 1.71. The molecule has 1 amide bonds. The maximum atomic E-state index is 11.8. The van der Waals surface area contributed by atoms with Gasteiger partial charge in [0.05, 0.1) is 12.1 Å². The van der Waals surface area contributed by atoms with E-state index in [1.807, 2.05) is 50.2 Å². The van der Waals surface area contributed by atoms with E-state index < -0.39 is 5.92 Å². The maximum absolute atomic E-state index is 11.8. The lowest BCUT2D eigenvalue weighted by Gasteiger charge is -2.18. The minimum atomic E-state index is -0.548. The molecule has 3 heteroatoms. The molecule has 0 bridgehead atoms. The molecule has 0 saturated heterocycles. The second-order valence-corrected chi connectivity index (χ2v) is 3.97. The van der Waals surface area contributed by atoms with Gasteiger partial charge < -0.3 is 5.32 Å². The maximum Gasteiger partial charge on any atom is 0.237 e. The van der Waals surface area contributed by atoms with Crippen LogP contribution in [0.4, 0.5) is 0 Å². The molecule has 1 N–H and O–H groups in total. The summed E-state index contributed by atoms with van der Waals surface area (Å²) in [4.78, 5) is 11.8. The van der Waals surface area contributed by atoms with E-state index in [1.54, 1.807) is 0 Å². The molecule has 17 heavy (non-hydrogen) atoms. The average molecular weight is 230 g/mol. The second kappa shape index (κ2) is 6.70. The highest BCUT2D eigenvalue weighted by Gasteiger charge is 2.19. The van der Waals surface area contributed by atoms with Crippen molar-refractivity contribution in [2.45, 2.75) is 32.7 Å². The summed E-state index contributed by atoms with van der Waals surface area (Å²) in [6, 6.07) is 11.8. The summed E-state index contributed by atoms with van der Waals surface area (Å²) in [5.41, 5.74) is 1.08. The van der Waals surface area contributed by atoms with Crippen molar-refractivity contribution in [2.24, 2.45) is 5.92 Å². The molecule has 0 heterocycles. The zero-order valence-electron chi connectivity index (χ0n) is 10.3. The van der Waals surface area contributed by atoms with Crippen LogP contribution in [0.3, 0.4) is 0 Å². The van der Waals surface area contributed by atoms with E-state index in [2.05, 4.69) is 5.32 Å². The van der Waals surface area contributed by atoms with Gasteiger partial charge >= 0.3 is 0 Å². The summed E-state index contributed by atoms with van der Waals surface area (Å²) in [5, 5.41) is 11.8. The second-order valence-electron chi connectivity index (χ2n) is 3.97. The number of carbonyl (C=O) groups excluding carboxylic acids is 1. The molecule has 3 nitrogen and oxygen atoms in total. The third-order valence-electron chi connectivity index (χ3n) is 2.81. The Labute approximate surface area is 102 Å². The fraction of sp³-hybridized carbons (Fsp3) is 0.429. The number of nitrogens with zero attached hydrogens (tertiary/aromatic N) is 1. The topological polar surface area (TPSA) is 52.9 Å². The molecule has 0 fully saturated rings. The summed E-state index contributed by atoms with van der Waals surface area (Å²) in [6.45, 7) is 3.86. The van der Waals surface area contributed by atoms with Crippen LogP contribution >= 0.6 is 0 Å². The third kappa shape index (κ3) is 3.60. The minimum Gasteiger partial charge on any atom is -0.348 e. The summed E-state index contributed by atoms with van der Waals surface area (Å²) in [6.07, 6.45) is 1.37. The molecule has 90 valence electrons. The van der Waals surface area contributed by atoms with Gasteiger partial charge in [-0.3, -0.25) is 4.79 Å². The van der Waals surface area contributed by atoms with Gasteiger partial charge in [0.15, 0.2) is 0 Å². The van der Waals surface area contributed by atoms with Gasteiger partial charge in [-0.2, -0.15) is 5.26 Å². The van der Waals surface area contributed by atoms with E-state index in [-0.39, 0.29) is 11.9 Å². The predicted octanol–water partition coefficient (Wildman–Crippen LogP) is 2.80. The van der Waals surface area contributed by atoms with E-state index in [4.69, 9.17) is 5.26 Å². The van der Waals surface area contributed by atoms with Gasteiger partial charge in [0.25, 0.3) is 0 Å². The Morgan fingerprint density at radius 3 is 2.41 bits per heavy atom. The number of amides is 1. The number of rotatable bonds is 5. The first-order chi connectivity index (χ1) is 8.22. The van der Waals surface area contributed by atoms with Crippen LogP contribution < -0.4 is 5.32 Å². The Balaban J connectivity index is 2.72. The highest BCUT2D eigenvalue weighted by molar-refractivity contribution is 5.81. The normalized spacial score (nSPS) is 13.5. The highest BCUT2D eigenvalue weighted by atomic mass is 16.1. The zero-order chi connectivity index (χ0) is 12.7. The SMILES string of the molecule is CCC(C#N)C(=O)N[C@@H](CC)c1ccccc1. The average Bonchev–Trinajstić information content (AvgIpc) is 2.38. The zero-order valence-corrected chi connectivity index (χ0v) is 10.3. The fourth-order valence-corrected chi connectivity index (χ4v) is 1.71. The van der Waals surface area contributed by atoms with Crippen LogP contribution in [-0.2, 0) is 4.79 Å². The number of nitriles is 1. The highest BCUT2D eigenvalue weighted by Crippen LogP contribution is 2.16. The molecule has 1 rings (SSSR count). The molecule has 1 aromatic rings. The Morgan fingerprint density at radius 1 is 1.29 bits per heavy atom. The molecule has 0 aromatic heterocycles. The summed E-state index contributed by atoms with van der Waals surface area (Å²) >= 11 is 0. The third-order valence-corrected chi connectivity index (χ3v) is 2.81. The molecule has 0 saturated carbocycles. The summed E-state index contributed by atoms with van der Waals surface area (Å²) in [5.74, 6) is -0.724. The molecular weight excluding hydrogens is 212 g/mol. The first kappa shape index (κ1) is 13.2. The van der Waals surface area contributed by atoms with Crippen molar-refractivity contribution in [1.29, 1.82) is 5.26 Å². The number of hydrogen-bond acceptors (Lipinski definition) is 2. The summed E-state index contributed by atoms with van der Waals surface area (Å²) < 4.78 is 0. The van der Waals surface area contributed by atoms with Crippen molar-refractivity contribution in [2.75, 3.05) is 0 Å². The van der Waals surface area contributed by atoms with Crippen molar-refractivity contribution in [1.82, 2.24) is 5.32 Å². The Kier molecular flexibility index (Phi) is 5.22. The molecular formula is C14H18N2O. The molecule has 0 aliphatic carbocycles. The first-order valence-corrected chi connectivity index (χ1v) is 5.97. The first-order valence-electron chi connectivity index (χ1n) is 5.97. The van der Waals surface area contributed by atoms with Crippen molar-refractivity contribution < 1.29 is 4.79 Å². The number of benzene rings is 1. The van der Waals surface area contributed by atoms with Crippen molar-refractivity contribution in [3.63, 3.8) is 0 Å². The van der Waals surface area contributed by atoms with Gasteiger partial charge in [0.2, 0.25) is 5.91 Å². The van der Waals surface area contributed by atoms with Crippen LogP contribution in [0, 0.1) is 17.2 Å². The Hall–Kier alpha value is -1.82. The minimum absolute atomic E-state index is 0.00824. The van der Waals surface area contributed by atoms with E-state index in [0.717, 1.165) is 12.0 Å². The van der Waals surface area contributed by atoms with Crippen LogP contribution in [0.2, 0.25) is 0 Å². The van der Waals surface area contributed by atoms with Crippen LogP contribution in [0.1, 0.15) is 38.3 Å². The van der Waals surface area contributed by atoms with E-state index >= 15 is 0 Å². The smallest absolute Gasteiger partial charge is 0.237 e. The van der Waals surface area contributed by atoms with Crippen LogP contribution in [0.5, 0.6) is 0 Å². The lowest BCUT2D eigenvalue weighted by atomic mass is 10.0. The van der Waals surface area contributed by atoms with Gasteiger partial charge in [-0.25, -0.2) is 0 Å².